The summed E-state index contributed by atoms with van der Waals surface area (Å²) in [4.78, 5) is 19.2. The Kier molecular flexibility index (Phi) is 5.21. The van der Waals surface area contributed by atoms with Crippen molar-refractivity contribution in [3.8, 4) is 11.4 Å². The van der Waals surface area contributed by atoms with Crippen LogP contribution < -0.4 is 5.32 Å². The predicted octanol–water partition coefficient (Wildman–Crippen LogP) is 1.80. The Labute approximate surface area is 163 Å². The zero-order chi connectivity index (χ0) is 19.5. The summed E-state index contributed by atoms with van der Waals surface area (Å²) in [6.07, 6.45) is 2.44. The quantitative estimate of drug-likeness (QED) is 0.702. The minimum atomic E-state index is -0.345. The molecule has 0 radical (unpaired) electrons. The molecule has 146 valence electrons. The van der Waals surface area contributed by atoms with Gasteiger partial charge in [0.1, 0.15) is 0 Å². The van der Waals surface area contributed by atoms with Crippen LogP contribution >= 0.6 is 0 Å². The number of aromatic nitrogens is 4. The first-order valence-electron chi connectivity index (χ1n) is 9.56. The highest BCUT2D eigenvalue weighted by Gasteiger charge is 2.32. The molecular weight excluding hydrogens is 356 g/mol. The summed E-state index contributed by atoms with van der Waals surface area (Å²) in [6, 6.07) is 9.32. The van der Waals surface area contributed by atoms with Crippen LogP contribution in [0.15, 0.2) is 41.1 Å². The molecule has 4 rings (SSSR count). The third-order valence-electron chi connectivity index (χ3n) is 5.06. The number of hydrogen-bond donors (Lipinski definition) is 1. The number of nitrogens with one attached hydrogen (secondary N) is 1. The van der Waals surface area contributed by atoms with E-state index in [2.05, 4.69) is 38.6 Å². The van der Waals surface area contributed by atoms with Gasteiger partial charge in [-0.2, -0.15) is 10.1 Å². The number of rotatable bonds is 6. The number of nitrogens with zero attached hydrogens (tertiary/aromatic N) is 5. The molecule has 2 aromatic heterocycles. The molecule has 1 aromatic carbocycles. The highest BCUT2D eigenvalue weighted by atomic mass is 16.5. The zero-order valence-electron chi connectivity index (χ0n) is 16.1. The van der Waals surface area contributed by atoms with Crippen LogP contribution in [0.25, 0.3) is 11.4 Å². The number of hydrogen-bond acceptors (Lipinski definition) is 6. The molecule has 1 atom stereocenters. The highest BCUT2D eigenvalue weighted by molar-refractivity contribution is 5.82. The van der Waals surface area contributed by atoms with Crippen LogP contribution in [0.5, 0.6) is 0 Å². The number of aryl methyl sites for hydroxylation is 2. The molecule has 1 aliphatic heterocycles. The van der Waals surface area contributed by atoms with E-state index >= 15 is 0 Å². The summed E-state index contributed by atoms with van der Waals surface area (Å²) in [5, 5.41) is 11.5. The van der Waals surface area contributed by atoms with Gasteiger partial charge >= 0.3 is 0 Å². The molecule has 0 saturated carbocycles. The number of benzene rings is 1. The lowest BCUT2D eigenvalue weighted by Gasteiger charge is -2.34. The van der Waals surface area contributed by atoms with E-state index in [4.69, 9.17) is 4.52 Å². The molecule has 8 nitrogen and oxygen atoms in total. The van der Waals surface area contributed by atoms with Gasteiger partial charge in [0.2, 0.25) is 17.6 Å². The van der Waals surface area contributed by atoms with Crippen molar-refractivity contribution in [1.82, 2.24) is 30.1 Å². The third-order valence-corrected chi connectivity index (χ3v) is 5.06. The lowest BCUT2D eigenvalue weighted by Crippen LogP contribution is -2.55. The van der Waals surface area contributed by atoms with E-state index in [1.54, 1.807) is 0 Å². The highest BCUT2D eigenvalue weighted by Crippen LogP contribution is 2.19. The van der Waals surface area contributed by atoms with Gasteiger partial charge < -0.3 is 9.84 Å². The van der Waals surface area contributed by atoms with Crippen molar-refractivity contribution in [2.45, 2.75) is 39.4 Å². The topological polar surface area (TPSA) is 89.1 Å². The molecule has 1 N–H and O–H groups in total. The number of piperazine rings is 1. The average Bonchev–Trinajstić information content (AvgIpc) is 3.32. The number of amides is 1. The average molecular weight is 380 g/mol. The molecular formula is C20H24N6O2. The van der Waals surface area contributed by atoms with Gasteiger partial charge in [0.05, 0.1) is 18.2 Å². The second-order valence-corrected chi connectivity index (χ2v) is 6.95. The summed E-state index contributed by atoms with van der Waals surface area (Å²) in [5.74, 6) is 0.997. The smallest absolute Gasteiger partial charge is 0.237 e. The molecule has 8 heteroatoms. The molecule has 3 aromatic rings. The summed E-state index contributed by atoms with van der Waals surface area (Å²) >= 11 is 0. The van der Waals surface area contributed by atoms with Gasteiger partial charge in [-0.05, 0) is 13.8 Å². The number of carbonyl (C=O) groups is 1. The van der Waals surface area contributed by atoms with Crippen LogP contribution in [0.2, 0.25) is 0 Å². The monoisotopic (exact) mass is 380 g/mol. The maximum atomic E-state index is 12.6. The minimum Gasteiger partial charge on any atom is -0.353 e. The van der Waals surface area contributed by atoms with Crippen LogP contribution in [0.3, 0.4) is 0 Å². The van der Waals surface area contributed by atoms with E-state index in [1.807, 2.05) is 41.9 Å². The molecule has 0 aliphatic carbocycles. The lowest BCUT2D eigenvalue weighted by atomic mass is 10.1. The van der Waals surface area contributed by atoms with Gasteiger partial charge in [-0.1, -0.05) is 35.5 Å². The molecule has 28 heavy (non-hydrogen) atoms. The molecule has 1 unspecified atom stereocenters. The number of carbonyl (C=O) groups excluding carboxylic acids is 1. The van der Waals surface area contributed by atoms with Crippen LogP contribution in [-0.2, 0) is 24.3 Å². The Morgan fingerprint density at radius 1 is 1.29 bits per heavy atom. The summed E-state index contributed by atoms with van der Waals surface area (Å²) in [7, 11) is 0. The van der Waals surface area contributed by atoms with E-state index in [9.17, 15) is 4.79 Å². The van der Waals surface area contributed by atoms with Gasteiger partial charge in [-0.15, -0.1) is 0 Å². The summed E-state index contributed by atoms with van der Waals surface area (Å²) in [6.45, 7) is 6.97. The van der Waals surface area contributed by atoms with Crippen molar-refractivity contribution in [1.29, 1.82) is 0 Å². The SMILES string of the molecule is CCn1cc(CN2CCNC(=O)C2Cc2nc(-c3ccccc3)no2)c(C)n1. The van der Waals surface area contributed by atoms with E-state index < -0.39 is 0 Å². The maximum absolute atomic E-state index is 12.6. The molecule has 1 saturated heterocycles. The van der Waals surface area contributed by atoms with Crippen LogP contribution in [-0.4, -0.2) is 49.9 Å². The fourth-order valence-electron chi connectivity index (χ4n) is 3.48. The summed E-state index contributed by atoms with van der Waals surface area (Å²) < 4.78 is 7.35. The maximum Gasteiger partial charge on any atom is 0.237 e. The Morgan fingerprint density at radius 2 is 2.11 bits per heavy atom. The first-order valence-corrected chi connectivity index (χ1v) is 9.56. The fraction of sp³-hybridized carbons (Fsp3) is 0.400. The van der Waals surface area contributed by atoms with Gasteiger partial charge in [0.15, 0.2) is 0 Å². The summed E-state index contributed by atoms with van der Waals surface area (Å²) in [5.41, 5.74) is 3.03. The first kappa shape index (κ1) is 18.4. The predicted molar refractivity (Wildman–Crippen MR) is 103 cm³/mol. The van der Waals surface area contributed by atoms with E-state index in [-0.39, 0.29) is 11.9 Å². The second kappa shape index (κ2) is 7.93. The van der Waals surface area contributed by atoms with Gasteiger partial charge in [0.25, 0.3) is 0 Å². The van der Waals surface area contributed by atoms with Crippen LogP contribution in [0.1, 0.15) is 24.1 Å². The molecule has 0 bridgehead atoms. The zero-order valence-corrected chi connectivity index (χ0v) is 16.1. The Balaban J connectivity index is 1.51. The van der Waals surface area contributed by atoms with Crippen LogP contribution in [0, 0.1) is 6.92 Å². The largest absolute Gasteiger partial charge is 0.353 e. The van der Waals surface area contributed by atoms with Crippen molar-refractivity contribution in [2.24, 2.45) is 0 Å². The van der Waals surface area contributed by atoms with Crippen LogP contribution in [0.4, 0.5) is 0 Å². The molecule has 1 aliphatic rings. The van der Waals surface area contributed by atoms with Crippen molar-refractivity contribution < 1.29 is 9.32 Å². The lowest BCUT2D eigenvalue weighted by molar-refractivity contribution is -0.129. The Bertz CT molecular complexity index is 949. The molecule has 1 amide bonds. The van der Waals surface area contributed by atoms with Gasteiger partial charge in [-0.25, -0.2) is 0 Å². The van der Waals surface area contributed by atoms with Gasteiger partial charge in [0, 0.05) is 43.5 Å². The standard InChI is InChI=1S/C20H24N6O2/c1-3-26-13-16(14(2)23-26)12-25-10-9-21-20(27)17(25)11-18-22-19(24-28-18)15-7-5-4-6-8-15/h4-8,13,17H,3,9-12H2,1-2H3,(H,21,27). The minimum absolute atomic E-state index is 0.00810. The van der Waals surface area contributed by atoms with Crippen molar-refractivity contribution >= 4 is 5.91 Å². The molecule has 3 heterocycles. The Morgan fingerprint density at radius 3 is 2.86 bits per heavy atom. The van der Waals surface area contributed by atoms with E-state index in [1.165, 1.54) is 0 Å². The fourth-order valence-corrected chi connectivity index (χ4v) is 3.48. The third kappa shape index (κ3) is 3.82. The van der Waals surface area contributed by atoms with E-state index in [0.29, 0.717) is 31.2 Å². The molecule has 1 fully saturated rings. The normalized spacial score (nSPS) is 17.6. The van der Waals surface area contributed by atoms with E-state index in [0.717, 1.165) is 29.9 Å². The van der Waals surface area contributed by atoms with Crippen molar-refractivity contribution in [3.05, 3.63) is 53.7 Å². The van der Waals surface area contributed by atoms with Crippen molar-refractivity contribution in [3.63, 3.8) is 0 Å². The first-order chi connectivity index (χ1) is 13.6. The van der Waals surface area contributed by atoms with Crippen molar-refractivity contribution in [2.75, 3.05) is 13.1 Å². The van der Waals surface area contributed by atoms with Gasteiger partial charge in [-0.3, -0.25) is 14.4 Å². The Hall–Kier alpha value is -3.00. The molecule has 0 spiro atoms. The second-order valence-electron chi connectivity index (χ2n) is 6.95.